The van der Waals surface area contributed by atoms with Crippen LogP contribution >= 0.6 is 0 Å². The van der Waals surface area contributed by atoms with Crippen molar-refractivity contribution in [2.24, 2.45) is 5.92 Å². The summed E-state index contributed by atoms with van der Waals surface area (Å²) in [5, 5.41) is 9.34. The number of nitriles is 1. The van der Waals surface area contributed by atoms with Gasteiger partial charge in [0.15, 0.2) is 0 Å². The van der Waals surface area contributed by atoms with E-state index in [0.29, 0.717) is 19.5 Å². The molecule has 0 radical (unpaired) electrons. The third-order valence-corrected chi connectivity index (χ3v) is 3.78. The van der Waals surface area contributed by atoms with Gasteiger partial charge in [-0.15, -0.1) is 0 Å². The van der Waals surface area contributed by atoms with Crippen molar-refractivity contribution in [1.82, 2.24) is 4.90 Å². The van der Waals surface area contributed by atoms with E-state index in [1.807, 2.05) is 27.7 Å². The first-order valence-electron chi connectivity index (χ1n) is 7.19. The van der Waals surface area contributed by atoms with Gasteiger partial charge < -0.3 is 4.90 Å². The fourth-order valence-electron chi connectivity index (χ4n) is 2.68. The molecule has 1 aromatic rings. The minimum Gasteiger partial charge on any atom is -0.342 e. The minimum absolute atomic E-state index is 0.0584. The molecule has 1 atom stereocenters. The molecule has 0 saturated carbocycles. The van der Waals surface area contributed by atoms with Gasteiger partial charge in [-0.3, -0.25) is 4.79 Å². The first kappa shape index (κ1) is 16.2. The van der Waals surface area contributed by atoms with E-state index >= 15 is 0 Å². The molecule has 1 aromatic carbocycles. The molecule has 1 amide bonds. The Morgan fingerprint density at radius 2 is 1.70 bits per heavy atom. The molecule has 20 heavy (non-hydrogen) atoms. The lowest BCUT2D eigenvalue weighted by atomic mass is 9.91. The Balaban J connectivity index is 3.01. The van der Waals surface area contributed by atoms with E-state index < -0.39 is 5.92 Å². The molecule has 3 heteroatoms. The Kier molecular flexibility index (Phi) is 5.76. The Bertz CT molecular complexity index is 501. The summed E-state index contributed by atoms with van der Waals surface area (Å²) in [6.45, 7) is 11.3. The third-order valence-electron chi connectivity index (χ3n) is 3.78. The molecular weight excluding hydrogens is 248 g/mol. The average Bonchev–Trinajstić information content (AvgIpc) is 2.39. The van der Waals surface area contributed by atoms with E-state index in [2.05, 4.69) is 25.1 Å². The summed E-state index contributed by atoms with van der Waals surface area (Å²) in [4.78, 5) is 14.1. The number of aryl methyl sites for hydroxylation is 3. The lowest BCUT2D eigenvalue weighted by Gasteiger charge is -2.22. The monoisotopic (exact) mass is 272 g/mol. The zero-order valence-electron chi connectivity index (χ0n) is 13.2. The van der Waals surface area contributed by atoms with Crippen molar-refractivity contribution in [1.29, 1.82) is 5.26 Å². The van der Waals surface area contributed by atoms with Gasteiger partial charge in [0.25, 0.3) is 0 Å². The molecule has 3 nitrogen and oxygen atoms in total. The molecule has 0 N–H and O–H groups in total. The molecule has 1 unspecified atom stereocenters. The highest BCUT2D eigenvalue weighted by atomic mass is 16.2. The van der Waals surface area contributed by atoms with Gasteiger partial charge in [-0.25, -0.2) is 0 Å². The van der Waals surface area contributed by atoms with Gasteiger partial charge in [0.05, 0.1) is 6.07 Å². The lowest BCUT2D eigenvalue weighted by molar-refractivity contribution is -0.133. The molecule has 0 fully saturated rings. The Labute approximate surface area is 122 Å². The van der Waals surface area contributed by atoms with Gasteiger partial charge in [-0.05, 0) is 57.7 Å². The van der Waals surface area contributed by atoms with Crippen LogP contribution in [-0.2, 0) is 11.2 Å². The zero-order chi connectivity index (χ0) is 15.3. The number of hydrogen-bond acceptors (Lipinski definition) is 2. The fourth-order valence-corrected chi connectivity index (χ4v) is 2.68. The molecule has 1 rings (SSSR count). The van der Waals surface area contributed by atoms with Gasteiger partial charge in [0, 0.05) is 13.1 Å². The highest BCUT2D eigenvalue weighted by Gasteiger charge is 2.24. The molecule has 0 spiro atoms. The van der Waals surface area contributed by atoms with Crippen LogP contribution in [0.2, 0.25) is 0 Å². The smallest absolute Gasteiger partial charge is 0.240 e. The molecule has 0 heterocycles. The third kappa shape index (κ3) is 3.60. The van der Waals surface area contributed by atoms with Crippen molar-refractivity contribution < 1.29 is 4.79 Å². The van der Waals surface area contributed by atoms with Crippen LogP contribution in [0.4, 0.5) is 0 Å². The van der Waals surface area contributed by atoms with Crippen molar-refractivity contribution in [3.63, 3.8) is 0 Å². The van der Waals surface area contributed by atoms with Crippen LogP contribution < -0.4 is 0 Å². The number of benzene rings is 1. The summed E-state index contributed by atoms with van der Waals surface area (Å²) in [5.41, 5.74) is 4.67. The highest BCUT2D eigenvalue weighted by molar-refractivity contribution is 5.81. The molecule has 0 aromatic heterocycles. The van der Waals surface area contributed by atoms with Gasteiger partial charge in [0.1, 0.15) is 5.92 Å². The Morgan fingerprint density at radius 3 is 2.10 bits per heavy atom. The van der Waals surface area contributed by atoms with Crippen molar-refractivity contribution in [2.45, 2.75) is 41.0 Å². The van der Waals surface area contributed by atoms with E-state index in [1.54, 1.807) is 4.90 Å². The maximum absolute atomic E-state index is 12.3. The summed E-state index contributed by atoms with van der Waals surface area (Å²) >= 11 is 0. The molecule has 0 aliphatic rings. The minimum atomic E-state index is -0.588. The van der Waals surface area contributed by atoms with E-state index in [9.17, 15) is 10.1 Å². The van der Waals surface area contributed by atoms with E-state index in [4.69, 9.17) is 0 Å². The predicted molar refractivity (Wildman–Crippen MR) is 81.4 cm³/mol. The number of nitrogens with zero attached hydrogens (tertiary/aromatic N) is 2. The first-order chi connectivity index (χ1) is 9.44. The number of hydrogen-bond donors (Lipinski definition) is 0. The quantitative estimate of drug-likeness (QED) is 0.826. The van der Waals surface area contributed by atoms with Crippen LogP contribution in [-0.4, -0.2) is 23.9 Å². The Hall–Kier alpha value is -1.82. The van der Waals surface area contributed by atoms with Crippen LogP contribution in [0.5, 0.6) is 0 Å². The van der Waals surface area contributed by atoms with Crippen LogP contribution in [0.3, 0.4) is 0 Å². The number of amides is 1. The maximum atomic E-state index is 12.3. The molecular formula is C17H24N2O. The van der Waals surface area contributed by atoms with Crippen LogP contribution in [0.15, 0.2) is 12.1 Å². The van der Waals surface area contributed by atoms with Crippen molar-refractivity contribution in [3.05, 3.63) is 34.4 Å². The SMILES string of the molecule is CCN(CC)C(=O)C(C#N)Cc1c(C)cc(C)cc1C. The summed E-state index contributed by atoms with van der Waals surface area (Å²) in [7, 11) is 0. The topological polar surface area (TPSA) is 44.1 Å². The second-order valence-corrected chi connectivity index (χ2v) is 5.27. The normalized spacial score (nSPS) is 11.8. The van der Waals surface area contributed by atoms with Gasteiger partial charge in [0.2, 0.25) is 5.91 Å². The maximum Gasteiger partial charge on any atom is 0.240 e. The molecule has 108 valence electrons. The number of carbonyl (C=O) groups excluding carboxylic acids is 1. The van der Waals surface area contributed by atoms with E-state index in [-0.39, 0.29) is 5.91 Å². The molecule has 0 aliphatic carbocycles. The van der Waals surface area contributed by atoms with Crippen molar-refractivity contribution in [3.8, 4) is 6.07 Å². The lowest BCUT2D eigenvalue weighted by Crippen LogP contribution is -2.36. The largest absolute Gasteiger partial charge is 0.342 e. The van der Waals surface area contributed by atoms with Crippen LogP contribution in [0.25, 0.3) is 0 Å². The van der Waals surface area contributed by atoms with Gasteiger partial charge in [-0.2, -0.15) is 5.26 Å². The Morgan fingerprint density at radius 1 is 1.20 bits per heavy atom. The number of rotatable bonds is 5. The molecule has 0 aliphatic heterocycles. The van der Waals surface area contributed by atoms with Crippen molar-refractivity contribution in [2.75, 3.05) is 13.1 Å². The number of carbonyl (C=O) groups is 1. The summed E-state index contributed by atoms with van der Waals surface area (Å²) in [6, 6.07) is 6.40. The zero-order valence-corrected chi connectivity index (χ0v) is 13.2. The molecule has 0 saturated heterocycles. The standard InChI is InChI=1S/C17H24N2O/c1-6-19(7-2)17(20)15(11-18)10-16-13(4)8-12(3)9-14(16)5/h8-9,15H,6-7,10H2,1-5H3. The van der Waals surface area contributed by atoms with Gasteiger partial charge >= 0.3 is 0 Å². The van der Waals surface area contributed by atoms with Crippen molar-refractivity contribution >= 4 is 5.91 Å². The first-order valence-corrected chi connectivity index (χ1v) is 7.19. The second kappa shape index (κ2) is 7.09. The predicted octanol–water partition coefficient (Wildman–Crippen LogP) is 3.16. The fraction of sp³-hybridized carbons (Fsp3) is 0.529. The average molecular weight is 272 g/mol. The highest BCUT2D eigenvalue weighted by Crippen LogP contribution is 2.21. The summed E-state index contributed by atoms with van der Waals surface area (Å²) in [6.07, 6.45) is 0.504. The van der Waals surface area contributed by atoms with E-state index in [1.165, 1.54) is 5.56 Å². The van der Waals surface area contributed by atoms with Crippen LogP contribution in [0, 0.1) is 38.0 Å². The summed E-state index contributed by atoms with van der Waals surface area (Å²) < 4.78 is 0. The summed E-state index contributed by atoms with van der Waals surface area (Å²) in [5.74, 6) is -0.646. The molecule has 0 bridgehead atoms. The van der Waals surface area contributed by atoms with E-state index in [0.717, 1.165) is 16.7 Å². The second-order valence-electron chi connectivity index (χ2n) is 5.27. The van der Waals surface area contributed by atoms with Gasteiger partial charge in [-0.1, -0.05) is 17.7 Å². The van der Waals surface area contributed by atoms with Crippen LogP contribution in [0.1, 0.15) is 36.1 Å².